The Morgan fingerprint density at radius 1 is 1.54 bits per heavy atom. The summed E-state index contributed by atoms with van der Waals surface area (Å²) in [6.45, 7) is 2.03. The summed E-state index contributed by atoms with van der Waals surface area (Å²) in [6.07, 6.45) is 0.637. The third-order valence-corrected chi connectivity index (χ3v) is 2.07. The maximum absolute atomic E-state index is 5.48. The quantitative estimate of drug-likeness (QED) is 0.747. The molecule has 13 heavy (non-hydrogen) atoms. The van der Waals surface area contributed by atoms with E-state index in [-0.39, 0.29) is 0 Å². The van der Waals surface area contributed by atoms with Crippen molar-refractivity contribution in [3.05, 3.63) is 29.3 Å². The van der Waals surface area contributed by atoms with Crippen molar-refractivity contribution in [2.24, 2.45) is 5.73 Å². The molecule has 2 nitrogen and oxygen atoms in total. The van der Waals surface area contributed by atoms with Gasteiger partial charge in [-0.2, -0.15) is 0 Å². The Kier molecular flexibility index (Phi) is 3.25. The highest BCUT2D eigenvalue weighted by atomic mass is 32.1. The molecular formula is C10H13NOS. The topological polar surface area (TPSA) is 35.2 Å². The van der Waals surface area contributed by atoms with Crippen LogP contribution in [0.2, 0.25) is 0 Å². The molecule has 0 heterocycles. The van der Waals surface area contributed by atoms with Gasteiger partial charge in [-0.3, -0.25) is 0 Å². The van der Waals surface area contributed by atoms with Crippen molar-refractivity contribution < 1.29 is 4.74 Å². The molecule has 2 N–H and O–H groups in total. The first-order valence-electron chi connectivity index (χ1n) is 4.05. The minimum atomic E-state index is 0.511. The van der Waals surface area contributed by atoms with Gasteiger partial charge in [0.2, 0.25) is 0 Å². The fourth-order valence-corrected chi connectivity index (χ4v) is 1.31. The summed E-state index contributed by atoms with van der Waals surface area (Å²) in [5.41, 5.74) is 7.80. The lowest BCUT2D eigenvalue weighted by Gasteiger charge is -2.06. The molecule has 0 aliphatic carbocycles. The summed E-state index contributed by atoms with van der Waals surface area (Å²) in [6, 6.07) is 5.90. The van der Waals surface area contributed by atoms with E-state index in [0.29, 0.717) is 11.4 Å². The van der Waals surface area contributed by atoms with E-state index in [2.05, 4.69) is 0 Å². The van der Waals surface area contributed by atoms with E-state index in [1.165, 1.54) is 5.56 Å². The molecule has 0 aliphatic heterocycles. The van der Waals surface area contributed by atoms with Gasteiger partial charge in [0.15, 0.2) is 0 Å². The molecule has 0 aromatic heterocycles. The van der Waals surface area contributed by atoms with Gasteiger partial charge in [-0.1, -0.05) is 18.3 Å². The number of nitrogens with two attached hydrogens (primary N) is 1. The summed E-state index contributed by atoms with van der Waals surface area (Å²) < 4.78 is 5.11. The molecule has 3 heteroatoms. The van der Waals surface area contributed by atoms with Crippen molar-refractivity contribution in [3.63, 3.8) is 0 Å². The van der Waals surface area contributed by atoms with Gasteiger partial charge in [0, 0.05) is 6.42 Å². The highest BCUT2D eigenvalue weighted by Gasteiger charge is 2.01. The molecule has 70 valence electrons. The van der Waals surface area contributed by atoms with Crippen LogP contribution in [0.15, 0.2) is 18.2 Å². The van der Waals surface area contributed by atoms with Crippen LogP contribution in [0.25, 0.3) is 0 Å². The first-order chi connectivity index (χ1) is 6.13. The van der Waals surface area contributed by atoms with Crippen LogP contribution < -0.4 is 10.5 Å². The Hall–Kier alpha value is -1.09. The third-order valence-electron chi connectivity index (χ3n) is 1.92. The van der Waals surface area contributed by atoms with Gasteiger partial charge in [0.05, 0.1) is 12.1 Å². The zero-order valence-electron chi connectivity index (χ0n) is 7.83. The van der Waals surface area contributed by atoms with Gasteiger partial charge in [-0.25, -0.2) is 0 Å². The minimum absolute atomic E-state index is 0.511. The Morgan fingerprint density at radius 3 is 2.77 bits per heavy atom. The molecule has 1 aromatic rings. The number of hydrogen-bond acceptors (Lipinski definition) is 2. The van der Waals surface area contributed by atoms with Crippen molar-refractivity contribution >= 4 is 17.2 Å². The molecule has 0 spiro atoms. The van der Waals surface area contributed by atoms with Gasteiger partial charge in [0.25, 0.3) is 0 Å². The van der Waals surface area contributed by atoms with E-state index in [1.807, 2.05) is 25.1 Å². The molecule has 0 saturated carbocycles. The van der Waals surface area contributed by atoms with Gasteiger partial charge < -0.3 is 10.5 Å². The Morgan fingerprint density at radius 2 is 2.23 bits per heavy atom. The number of rotatable bonds is 3. The van der Waals surface area contributed by atoms with E-state index in [9.17, 15) is 0 Å². The number of hydrogen-bond donors (Lipinski definition) is 1. The highest BCUT2D eigenvalue weighted by molar-refractivity contribution is 7.80. The molecular weight excluding hydrogens is 182 g/mol. The molecule has 1 rings (SSSR count). The summed E-state index contributed by atoms with van der Waals surface area (Å²) in [5, 5.41) is 0. The summed E-state index contributed by atoms with van der Waals surface area (Å²) in [5.74, 6) is 0.844. The lowest BCUT2D eigenvalue weighted by molar-refractivity contribution is 0.414. The zero-order chi connectivity index (χ0) is 9.84. The van der Waals surface area contributed by atoms with Crippen LogP contribution in [0.4, 0.5) is 0 Å². The van der Waals surface area contributed by atoms with E-state index in [1.54, 1.807) is 7.11 Å². The third kappa shape index (κ3) is 2.70. The molecule has 0 radical (unpaired) electrons. The van der Waals surface area contributed by atoms with Crippen molar-refractivity contribution in [1.82, 2.24) is 0 Å². The SMILES string of the molecule is COc1ccc(C)c(CC(N)=S)c1. The van der Waals surface area contributed by atoms with Crippen molar-refractivity contribution in [1.29, 1.82) is 0 Å². The lowest BCUT2D eigenvalue weighted by atomic mass is 10.1. The number of thiocarbonyl (C=S) groups is 1. The predicted molar refractivity (Wildman–Crippen MR) is 58.2 cm³/mol. The second-order valence-corrected chi connectivity index (χ2v) is 3.46. The number of aryl methyl sites for hydroxylation is 1. The molecule has 0 saturated heterocycles. The Labute approximate surface area is 83.7 Å². The second kappa shape index (κ2) is 4.23. The number of benzene rings is 1. The van der Waals surface area contributed by atoms with Crippen molar-refractivity contribution in [3.8, 4) is 5.75 Å². The molecule has 0 atom stereocenters. The second-order valence-electron chi connectivity index (χ2n) is 2.94. The van der Waals surface area contributed by atoms with Gasteiger partial charge in [0.1, 0.15) is 5.75 Å². The normalized spacial score (nSPS) is 9.69. The monoisotopic (exact) mass is 195 g/mol. The maximum Gasteiger partial charge on any atom is 0.119 e. The largest absolute Gasteiger partial charge is 0.497 e. The fraction of sp³-hybridized carbons (Fsp3) is 0.300. The maximum atomic E-state index is 5.48. The molecule has 0 aliphatic rings. The van der Waals surface area contributed by atoms with Crippen LogP contribution >= 0.6 is 12.2 Å². The van der Waals surface area contributed by atoms with Crippen LogP contribution in [-0.2, 0) is 6.42 Å². The molecule has 1 aromatic carbocycles. The highest BCUT2D eigenvalue weighted by Crippen LogP contribution is 2.17. The standard InChI is InChI=1S/C10H13NOS/c1-7-3-4-9(12-2)5-8(7)6-10(11)13/h3-5H,6H2,1-2H3,(H2,11,13). The summed E-state index contributed by atoms with van der Waals surface area (Å²) in [7, 11) is 1.65. The van der Waals surface area contributed by atoms with Gasteiger partial charge in [-0.05, 0) is 30.2 Å². The van der Waals surface area contributed by atoms with Gasteiger partial charge >= 0.3 is 0 Å². The fourth-order valence-electron chi connectivity index (χ4n) is 1.15. The van der Waals surface area contributed by atoms with E-state index in [0.717, 1.165) is 11.3 Å². The van der Waals surface area contributed by atoms with E-state index < -0.39 is 0 Å². The number of ether oxygens (including phenoxy) is 1. The van der Waals surface area contributed by atoms with Crippen LogP contribution in [0.5, 0.6) is 5.75 Å². The minimum Gasteiger partial charge on any atom is -0.497 e. The Balaban J connectivity index is 2.96. The van der Waals surface area contributed by atoms with Crippen molar-refractivity contribution in [2.45, 2.75) is 13.3 Å². The zero-order valence-corrected chi connectivity index (χ0v) is 8.65. The predicted octanol–water partition coefficient (Wildman–Crippen LogP) is 1.83. The molecule has 0 unspecified atom stereocenters. The van der Waals surface area contributed by atoms with E-state index in [4.69, 9.17) is 22.7 Å². The van der Waals surface area contributed by atoms with Gasteiger partial charge in [-0.15, -0.1) is 0 Å². The first-order valence-corrected chi connectivity index (χ1v) is 4.46. The lowest BCUT2D eigenvalue weighted by Crippen LogP contribution is -2.11. The van der Waals surface area contributed by atoms with Crippen LogP contribution in [0.1, 0.15) is 11.1 Å². The molecule has 0 fully saturated rings. The smallest absolute Gasteiger partial charge is 0.119 e. The average molecular weight is 195 g/mol. The number of methoxy groups -OCH3 is 1. The molecule has 0 amide bonds. The van der Waals surface area contributed by atoms with Crippen LogP contribution in [0.3, 0.4) is 0 Å². The summed E-state index contributed by atoms with van der Waals surface area (Å²) >= 11 is 4.85. The average Bonchev–Trinajstić information content (AvgIpc) is 2.08. The molecule has 0 bridgehead atoms. The van der Waals surface area contributed by atoms with E-state index >= 15 is 0 Å². The van der Waals surface area contributed by atoms with Crippen LogP contribution in [-0.4, -0.2) is 12.1 Å². The van der Waals surface area contributed by atoms with Crippen molar-refractivity contribution in [2.75, 3.05) is 7.11 Å². The first kappa shape index (κ1) is 9.99. The summed E-state index contributed by atoms with van der Waals surface area (Å²) in [4.78, 5) is 0.511. The van der Waals surface area contributed by atoms with Crippen LogP contribution in [0, 0.1) is 6.92 Å². The Bertz CT molecular complexity index is 323.